The van der Waals surface area contributed by atoms with Gasteiger partial charge in [-0.2, -0.15) is 11.8 Å². The first-order valence-corrected chi connectivity index (χ1v) is 7.19. The molecule has 0 heterocycles. The van der Waals surface area contributed by atoms with Gasteiger partial charge in [-0.1, -0.05) is 12.1 Å². The highest BCUT2D eigenvalue weighted by Gasteiger charge is 2.03. The van der Waals surface area contributed by atoms with E-state index in [9.17, 15) is 4.79 Å². The highest BCUT2D eigenvalue weighted by Crippen LogP contribution is 2.04. The summed E-state index contributed by atoms with van der Waals surface area (Å²) < 4.78 is 0. The minimum atomic E-state index is -0.0543. The average Bonchev–Trinajstić information content (AvgIpc) is 2.42. The van der Waals surface area contributed by atoms with Gasteiger partial charge in [-0.05, 0) is 29.9 Å². The second kappa shape index (κ2) is 11.1. The van der Waals surface area contributed by atoms with Crippen molar-refractivity contribution in [1.29, 1.82) is 0 Å². The van der Waals surface area contributed by atoms with E-state index in [2.05, 4.69) is 5.32 Å². The molecule has 0 aliphatic carbocycles. The second-order valence-corrected chi connectivity index (χ2v) is 5.07. The second-order valence-electron chi connectivity index (χ2n) is 3.85. The molecule has 0 atom stereocenters. The van der Waals surface area contributed by atoms with Gasteiger partial charge in [0, 0.05) is 31.0 Å². The van der Waals surface area contributed by atoms with Gasteiger partial charge in [-0.15, -0.1) is 12.4 Å². The summed E-state index contributed by atoms with van der Waals surface area (Å²) >= 11 is 1.73. The number of aliphatic hydroxyl groups is 1. The Morgan fingerprint density at radius 3 is 2.53 bits per heavy atom. The number of nitrogens with one attached hydrogen (secondary N) is 1. The molecule has 19 heavy (non-hydrogen) atoms. The fraction of sp³-hybridized carbons (Fsp3) is 0.462. The molecule has 1 aromatic rings. The van der Waals surface area contributed by atoms with Crippen LogP contribution in [0.15, 0.2) is 24.3 Å². The zero-order valence-corrected chi connectivity index (χ0v) is 12.4. The Kier molecular flexibility index (Phi) is 10.7. The number of halogens is 1. The Morgan fingerprint density at radius 2 is 1.95 bits per heavy atom. The van der Waals surface area contributed by atoms with Crippen molar-refractivity contribution in [1.82, 2.24) is 5.32 Å². The maximum atomic E-state index is 11.7. The van der Waals surface area contributed by atoms with Crippen molar-refractivity contribution in [3.8, 4) is 0 Å². The molecule has 0 unspecified atom stereocenters. The van der Waals surface area contributed by atoms with Gasteiger partial charge >= 0.3 is 0 Å². The molecule has 4 nitrogen and oxygen atoms in total. The van der Waals surface area contributed by atoms with Crippen LogP contribution in [-0.4, -0.2) is 35.7 Å². The van der Waals surface area contributed by atoms with Crippen molar-refractivity contribution in [2.45, 2.75) is 13.0 Å². The molecule has 0 fully saturated rings. The van der Waals surface area contributed by atoms with Gasteiger partial charge in [-0.3, -0.25) is 4.79 Å². The molecule has 0 saturated carbocycles. The van der Waals surface area contributed by atoms with Crippen LogP contribution in [0.2, 0.25) is 0 Å². The minimum Gasteiger partial charge on any atom is -0.396 e. The quantitative estimate of drug-likeness (QED) is 0.635. The number of nitrogens with two attached hydrogens (primary N) is 1. The Balaban J connectivity index is 0.00000324. The molecule has 1 aromatic carbocycles. The van der Waals surface area contributed by atoms with Gasteiger partial charge in [0.15, 0.2) is 0 Å². The molecule has 0 aliphatic rings. The number of aliphatic hydroxyl groups excluding tert-OH is 1. The van der Waals surface area contributed by atoms with E-state index >= 15 is 0 Å². The molecular formula is C13H21ClN2O2S. The first-order chi connectivity index (χ1) is 8.77. The lowest BCUT2D eigenvalue weighted by atomic mass is 10.1. The van der Waals surface area contributed by atoms with Crippen molar-refractivity contribution in [3.05, 3.63) is 35.4 Å². The molecular weight excluding hydrogens is 284 g/mol. The zero-order valence-electron chi connectivity index (χ0n) is 10.8. The molecule has 0 bridgehead atoms. The largest absolute Gasteiger partial charge is 0.396 e. The van der Waals surface area contributed by atoms with E-state index in [0.29, 0.717) is 18.7 Å². The number of hydrogen-bond donors (Lipinski definition) is 3. The van der Waals surface area contributed by atoms with E-state index in [-0.39, 0.29) is 24.9 Å². The monoisotopic (exact) mass is 304 g/mol. The third kappa shape index (κ3) is 7.42. The van der Waals surface area contributed by atoms with Gasteiger partial charge in [-0.25, -0.2) is 0 Å². The van der Waals surface area contributed by atoms with Crippen LogP contribution in [0.4, 0.5) is 0 Å². The topological polar surface area (TPSA) is 75.4 Å². The normalized spacial score (nSPS) is 9.79. The van der Waals surface area contributed by atoms with Crippen molar-refractivity contribution in [2.75, 3.05) is 24.7 Å². The third-order valence-corrected chi connectivity index (χ3v) is 3.50. The van der Waals surface area contributed by atoms with Crippen LogP contribution in [0.1, 0.15) is 22.3 Å². The van der Waals surface area contributed by atoms with Gasteiger partial charge in [0.1, 0.15) is 0 Å². The van der Waals surface area contributed by atoms with Crippen LogP contribution in [0, 0.1) is 0 Å². The number of carbonyl (C=O) groups excluding carboxylic acids is 1. The summed E-state index contributed by atoms with van der Waals surface area (Å²) in [6, 6.07) is 7.31. The maximum absolute atomic E-state index is 11.7. The molecule has 0 aliphatic heterocycles. The lowest BCUT2D eigenvalue weighted by molar-refractivity contribution is 0.0956. The van der Waals surface area contributed by atoms with Crippen molar-refractivity contribution in [3.63, 3.8) is 0 Å². The average molecular weight is 305 g/mol. The van der Waals surface area contributed by atoms with Crippen LogP contribution in [0.5, 0.6) is 0 Å². The van der Waals surface area contributed by atoms with E-state index in [0.717, 1.165) is 23.5 Å². The summed E-state index contributed by atoms with van der Waals surface area (Å²) in [5.74, 6) is 1.74. The molecule has 6 heteroatoms. The summed E-state index contributed by atoms with van der Waals surface area (Å²) in [6.07, 6.45) is 0.805. The molecule has 0 radical (unpaired) electrons. The fourth-order valence-electron chi connectivity index (χ4n) is 1.40. The number of benzene rings is 1. The van der Waals surface area contributed by atoms with Crippen molar-refractivity contribution in [2.24, 2.45) is 5.73 Å². The highest BCUT2D eigenvalue weighted by atomic mass is 35.5. The fourth-order valence-corrected chi connectivity index (χ4v) is 2.18. The van der Waals surface area contributed by atoms with Crippen LogP contribution >= 0.6 is 24.2 Å². The van der Waals surface area contributed by atoms with Gasteiger partial charge < -0.3 is 16.2 Å². The Morgan fingerprint density at radius 1 is 1.26 bits per heavy atom. The van der Waals surface area contributed by atoms with Crippen molar-refractivity contribution < 1.29 is 9.90 Å². The number of carbonyl (C=O) groups is 1. The summed E-state index contributed by atoms with van der Waals surface area (Å²) in [7, 11) is 0. The first-order valence-electron chi connectivity index (χ1n) is 6.03. The number of amides is 1. The number of hydrogen-bond acceptors (Lipinski definition) is 4. The van der Waals surface area contributed by atoms with Crippen molar-refractivity contribution >= 4 is 30.1 Å². The Hall–Kier alpha value is -0.750. The molecule has 0 aromatic heterocycles. The highest BCUT2D eigenvalue weighted by molar-refractivity contribution is 7.99. The number of thioether (sulfide) groups is 1. The molecule has 1 rings (SSSR count). The van der Waals surface area contributed by atoms with E-state index in [1.807, 2.05) is 12.1 Å². The minimum absolute atomic E-state index is 0. The van der Waals surface area contributed by atoms with E-state index in [1.165, 1.54) is 0 Å². The third-order valence-electron chi connectivity index (χ3n) is 2.43. The van der Waals surface area contributed by atoms with Gasteiger partial charge in [0.25, 0.3) is 5.91 Å². The number of rotatable bonds is 8. The SMILES string of the molecule is Cl.NCc1ccc(C(=O)NCCSCCCO)cc1. The van der Waals surface area contributed by atoms with Gasteiger partial charge in [0.2, 0.25) is 0 Å². The van der Waals surface area contributed by atoms with E-state index in [1.54, 1.807) is 23.9 Å². The predicted octanol–water partition coefficient (Wildman–Crippen LogP) is 1.41. The smallest absolute Gasteiger partial charge is 0.251 e. The summed E-state index contributed by atoms with van der Waals surface area (Å²) in [6.45, 7) is 1.36. The van der Waals surface area contributed by atoms with E-state index in [4.69, 9.17) is 10.8 Å². The van der Waals surface area contributed by atoms with Crippen LogP contribution in [0.3, 0.4) is 0 Å². The van der Waals surface area contributed by atoms with E-state index < -0.39 is 0 Å². The molecule has 0 spiro atoms. The zero-order chi connectivity index (χ0) is 13.2. The summed E-state index contributed by atoms with van der Waals surface area (Å²) in [5.41, 5.74) is 7.17. The molecule has 4 N–H and O–H groups in total. The summed E-state index contributed by atoms with van der Waals surface area (Å²) in [5, 5.41) is 11.5. The molecule has 108 valence electrons. The Bertz CT molecular complexity index is 360. The Labute approximate surface area is 124 Å². The predicted molar refractivity (Wildman–Crippen MR) is 82.9 cm³/mol. The standard InChI is InChI=1S/C13H20N2O2S.ClH/c14-10-11-2-4-12(5-3-11)13(17)15-6-9-18-8-1-7-16;/h2-5,16H,1,6-10,14H2,(H,15,17);1H. The lowest BCUT2D eigenvalue weighted by Gasteiger charge is -2.05. The van der Waals surface area contributed by atoms with Crippen LogP contribution < -0.4 is 11.1 Å². The van der Waals surface area contributed by atoms with Crippen LogP contribution in [-0.2, 0) is 6.54 Å². The molecule has 1 amide bonds. The van der Waals surface area contributed by atoms with Gasteiger partial charge in [0.05, 0.1) is 0 Å². The molecule has 0 saturated heterocycles. The lowest BCUT2D eigenvalue weighted by Crippen LogP contribution is -2.25. The first kappa shape index (κ1) is 18.2. The maximum Gasteiger partial charge on any atom is 0.251 e. The van der Waals surface area contributed by atoms with Crippen LogP contribution in [0.25, 0.3) is 0 Å². The summed E-state index contributed by atoms with van der Waals surface area (Å²) in [4.78, 5) is 11.7.